The summed E-state index contributed by atoms with van der Waals surface area (Å²) in [5.41, 5.74) is 7.88. The predicted molar refractivity (Wildman–Crippen MR) is 486 cm³/mol. The summed E-state index contributed by atoms with van der Waals surface area (Å²) in [6.45, 7) is 8.68. The molecular formula is C92H122N16O18S2. The van der Waals surface area contributed by atoms with Crippen LogP contribution in [0.5, 0.6) is 0 Å². The summed E-state index contributed by atoms with van der Waals surface area (Å²) >= 11 is 0. The van der Waals surface area contributed by atoms with Crippen molar-refractivity contribution in [1.82, 2.24) is 74.7 Å². The van der Waals surface area contributed by atoms with Crippen molar-refractivity contribution in [3.63, 3.8) is 0 Å². The van der Waals surface area contributed by atoms with E-state index in [2.05, 4.69) is 84.9 Å². The molecule has 0 aliphatic heterocycles. The van der Waals surface area contributed by atoms with E-state index in [0.717, 1.165) is 86.1 Å². The number of urea groups is 2. The Labute approximate surface area is 748 Å². The molecule has 6 aromatic carbocycles. The Morgan fingerprint density at radius 2 is 0.695 bits per heavy atom. The second kappa shape index (κ2) is 52.5. The first-order chi connectivity index (χ1) is 61.1. The molecule has 2 saturated carbocycles. The topological polar surface area (TPSA) is 493 Å². The van der Waals surface area contributed by atoms with Gasteiger partial charge in [-0.3, -0.25) is 47.9 Å². The molecule has 8 unspecified atom stereocenters. The number of hydrazone groups is 2. The fraction of sp³-hybridized carbons (Fsp3) is 0.446. The van der Waals surface area contributed by atoms with Crippen molar-refractivity contribution in [2.45, 2.75) is 192 Å². The van der Waals surface area contributed by atoms with E-state index in [4.69, 9.17) is 4.74 Å². The van der Waals surface area contributed by atoms with E-state index in [-0.39, 0.29) is 48.8 Å². The van der Waals surface area contributed by atoms with Crippen molar-refractivity contribution in [2.24, 2.45) is 28.0 Å². The van der Waals surface area contributed by atoms with E-state index in [1.807, 2.05) is 135 Å². The Morgan fingerprint density at radius 3 is 0.992 bits per heavy atom. The summed E-state index contributed by atoms with van der Waals surface area (Å²) in [4.78, 5) is 175. The molecule has 14 N–H and O–H groups in total. The van der Waals surface area contributed by atoms with Gasteiger partial charge >= 0.3 is 18.2 Å². The van der Waals surface area contributed by atoms with Gasteiger partial charge in [-0.25, -0.2) is 42.1 Å². The Morgan fingerprint density at radius 1 is 0.391 bits per heavy atom. The molecule has 690 valence electrons. The quantitative estimate of drug-likeness (QED) is 0.0134. The van der Waals surface area contributed by atoms with Crippen molar-refractivity contribution in [1.29, 1.82) is 0 Å². The number of benzene rings is 6. The lowest BCUT2D eigenvalue weighted by Crippen LogP contribution is -2.60. The standard InChI is InChI=1S/C48H64N8O10S.C44H58N8O8S/c1-6-19-37(50-44(59)38(30-67(5,64)65)51-46(61)42(36-26-17-10-18-27-36)54-48(63)66-29-31(2)3)43(45(60)49-28-39(58)52-40(32(4)57)33-20-11-7-12-21-33)55-56-47(62)53-41(34-22-13-8-14-23-34)35-24-15-9-16-25-35;1-5-18-34(47-41(55)35(28-61(4,59)60)48-43(57)39(45-3)33-25-16-9-17-26-33)40(42(56)46-27-36(54)49-37(29(2)53)30-19-10-6-11-20-30)51-52-44(58)50-38(31-21-12-7-13-22-31)32-23-14-8-15-24-32/h7-9,11-16,20-25,31,36-38,40-42H,6,10,17-19,26-30H2,1-5H3,(H,49,60)(H,50,59)(H,51,61)(H,52,58)(H,54,63)(H2,53,56,62);6-8,10-15,19-24,33-35,37-39,45H,5,9,16-18,25-28H2,1-4H3,(H,46,56)(H,47,55)(H,48,57)(H,49,54)(H2,50,52,58)/b55-43+;51-40-. The minimum atomic E-state index is -3.95. The van der Waals surface area contributed by atoms with Gasteiger partial charge in [-0.1, -0.05) is 261 Å². The van der Waals surface area contributed by atoms with E-state index in [1.54, 1.807) is 81.6 Å². The molecule has 13 amide bonds. The van der Waals surface area contributed by atoms with Gasteiger partial charge in [0.2, 0.25) is 35.4 Å². The number of alkyl carbamates (subject to hydrolysis) is 1. The first kappa shape index (κ1) is 103. The first-order valence-electron chi connectivity index (χ1n) is 43.1. The summed E-state index contributed by atoms with van der Waals surface area (Å²) < 4.78 is 56.1. The van der Waals surface area contributed by atoms with E-state index in [1.165, 1.54) is 13.8 Å². The van der Waals surface area contributed by atoms with Gasteiger partial charge in [0.1, 0.15) is 61.3 Å². The third-order valence-corrected chi connectivity index (χ3v) is 23.1. The Balaban J connectivity index is 0.000000352. The van der Waals surface area contributed by atoms with E-state index in [0.29, 0.717) is 36.8 Å². The maximum absolute atomic E-state index is 14.3. The number of nitrogens with one attached hydrogen (secondary N) is 14. The Kier molecular flexibility index (Phi) is 42.1. The molecule has 2 aliphatic carbocycles. The van der Waals surface area contributed by atoms with Crippen LogP contribution in [0.25, 0.3) is 0 Å². The fourth-order valence-corrected chi connectivity index (χ4v) is 16.7. The third kappa shape index (κ3) is 35.0. The molecule has 0 aromatic heterocycles. The molecule has 8 rings (SSSR count). The second-order valence-electron chi connectivity index (χ2n) is 32.3. The number of hydrogen-bond donors (Lipinski definition) is 14. The monoisotopic (exact) mass is 1800 g/mol. The van der Waals surface area contributed by atoms with Gasteiger partial charge in [0.25, 0.3) is 11.8 Å². The molecule has 128 heavy (non-hydrogen) atoms. The van der Waals surface area contributed by atoms with Crippen molar-refractivity contribution in [2.75, 3.05) is 50.8 Å². The zero-order valence-corrected chi connectivity index (χ0v) is 75.5. The van der Waals surface area contributed by atoms with Gasteiger partial charge < -0.3 is 68.5 Å². The number of sulfone groups is 2. The van der Waals surface area contributed by atoms with Crippen LogP contribution in [-0.4, -0.2) is 192 Å². The van der Waals surface area contributed by atoms with Crippen LogP contribution in [0.1, 0.15) is 189 Å². The largest absolute Gasteiger partial charge is 0.449 e. The lowest BCUT2D eigenvalue weighted by atomic mass is 9.83. The molecule has 0 spiro atoms. The number of rotatable bonds is 44. The van der Waals surface area contributed by atoms with Crippen LogP contribution in [0.3, 0.4) is 0 Å². The zero-order chi connectivity index (χ0) is 93.3. The summed E-state index contributed by atoms with van der Waals surface area (Å²) in [5, 5.41) is 40.4. The minimum absolute atomic E-state index is 0.00724. The van der Waals surface area contributed by atoms with Crippen LogP contribution in [0.15, 0.2) is 192 Å². The van der Waals surface area contributed by atoms with Crippen molar-refractivity contribution >= 4 is 108 Å². The SMILES string of the molecule is CCCC(NC(=O)C(CS(C)(=O)=O)NC(=O)C(NC(=O)OCC(C)C)C1CCCCC1)/C(=N\NC(=O)NC(c1ccccc1)c1ccccc1)C(=O)NCC(=O)NC(C(C)=O)c1ccccc1.CCCC(NC(=O)C(CS(C)(=O)=O)NC(=O)C(NC)C1CCCCC1)/C(=N/NC(=O)NC(c1ccccc1)c1ccccc1)C(=O)NCC(=O)NC(C(C)=O)c1ccccc1. The first-order valence-corrected chi connectivity index (χ1v) is 47.2. The summed E-state index contributed by atoms with van der Waals surface area (Å²) in [6.07, 6.45) is 10.0. The van der Waals surface area contributed by atoms with Gasteiger partial charge in [0.15, 0.2) is 11.6 Å². The van der Waals surface area contributed by atoms with Crippen molar-refractivity contribution in [3.8, 4) is 0 Å². The second-order valence-corrected chi connectivity index (χ2v) is 36.6. The van der Waals surface area contributed by atoms with Crippen LogP contribution in [0.4, 0.5) is 14.4 Å². The molecular weight excluding hydrogens is 1680 g/mol. The molecule has 8 atom stereocenters. The molecule has 34 nitrogen and oxygen atoms in total. The normalized spacial score (nSPS) is 15.1. The Hall–Kier alpha value is -12.6. The zero-order valence-electron chi connectivity index (χ0n) is 73.8. The average molecular weight is 1800 g/mol. The smallest absolute Gasteiger partial charge is 0.407 e. The average Bonchev–Trinajstić information content (AvgIpc) is 0.826. The number of nitrogens with zero attached hydrogens (tertiary/aromatic N) is 2. The highest BCUT2D eigenvalue weighted by molar-refractivity contribution is 7.91. The van der Waals surface area contributed by atoms with Crippen LogP contribution in [-0.2, 0) is 72.4 Å². The third-order valence-electron chi connectivity index (χ3n) is 21.2. The summed E-state index contributed by atoms with van der Waals surface area (Å²) in [5.74, 6) is -9.24. The molecule has 2 fully saturated rings. The predicted octanol–water partition coefficient (Wildman–Crippen LogP) is 7.12. The van der Waals surface area contributed by atoms with Gasteiger partial charge in [0.05, 0.1) is 61.4 Å². The lowest BCUT2D eigenvalue weighted by Gasteiger charge is -2.31. The molecule has 6 aromatic rings. The van der Waals surface area contributed by atoms with E-state index >= 15 is 0 Å². The van der Waals surface area contributed by atoms with Crippen LogP contribution >= 0.6 is 0 Å². The molecule has 0 bridgehead atoms. The fourth-order valence-electron chi connectivity index (χ4n) is 15.0. The number of hydrogen-bond acceptors (Lipinski definition) is 21. The van der Waals surface area contributed by atoms with Crippen molar-refractivity contribution in [3.05, 3.63) is 215 Å². The number of ether oxygens (including phenoxy) is 1. The maximum Gasteiger partial charge on any atom is 0.407 e. The summed E-state index contributed by atoms with van der Waals surface area (Å²) in [6, 6.07) is 41.0. The maximum atomic E-state index is 14.3. The molecule has 36 heteroatoms. The van der Waals surface area contributed by atoms with Gasteiger partial charge in [-0.05, 0) is 111 Å². The van der Waals surface area contributed by atoms with Gasteiger partial charge in [-0.15, -0.1) is 0 Å². The number of carbonyl (C=O) groups is 13. The Bertz CT molecular complexity index is 4900. The molecule has 0 radical (unpaired) electrons. The van der Waals surface area contributed by atoms with Gasteiger partial charge in [0, 0.05) is 12.5 Å². The minimum Gasteiger partial charge on any atom is -0.449 e. The number of likely N-dealkylation sites (N-methyl/N-ethyl adjacent to an activating group) is 1. The number of amides is 13. The highest BCUT2D eigenvalue weighted by Crippen LogP contribution is 2.30. The van der Waals surface area contributed by atoms with Crippen LogP contribution < -0.4 is 74.7 Å². The molecule has 0 saturated heterocycles. The van der Waals surface area contributed by atoms with E-state index < -0.39 is 182 Å². The molecule has 0 heterocycles. The van der Waals surface area contributed by atoms with Crippen LogP contribution in [0, 0.1) is 17.8 Å². The number of carbonyl (C=O) groups excluding carboxylic acids is 13. The number of ketones is 2. The molecule has 2 aliphatic rings. The van der Waals surface area contributed by atoms with Crippen LogP contribution in [0.2, 0.25) is 0 Å². The lowest BCUT2D eigenvalue weighted by molar-refractivity contribution is -0.130. The number of Topliss-reactive ketones (excluding diaryl/α,β-unsaturated/α-hetero) is 2. The highest BCUT2D eigenvalue weighted by Gasteiger charge is 2.39. The van der Waals surface area contributed by atoms with E-state index in [9.17, 15) is 79.2 Å². The summed E-state index contributed by atoms with van der Waals surface area (Å²) in [7, 11) is -6.15. The highest BCUT2D eigenvalue weighted by atomic mass is 32.2. The van der Waals surface area contributed by atoms with Gasteiger partial charge in [-0.2, -0.15) is 10.2 Å². The van der Waals surface area contributed by atoms with Crippen molar-refractivity contribution < 1.29 is 83.9 Å².